The fourth-order valence-electron chi connectivity index (χ4n) is 2.48. The molecular weight excluding hydrogens is 312 g/mol. The van der Waals surface area contributed by atoms with Gasteiger partial charge >= 0.3 is 0 Å². The number of pyridine rings is 1. The number of imidazole rings is 1. The second-order valence-electron chi connectivity index (χ2n) is 5.18. The molecule has 3 aromatic rings. The number of benzene rings is 1. The number of sulfonamides is 1. The van der Waals surface area contributed by atoms with Gasteiger partial charge in [0.25, 0.3) is 0 Å². The summed E-state index contributed by atoms with van der Waals surface area (Å²) in [4.78, 5) is 11.3. The summed E-state index contributed by atoms with van der Waals surface area (Å²) in [6.45, 7) is 2.71. The minimum absolute atomic E-state index is 0.283. The Morgan fingerprint density at radius 2 is 1.96 bits per heavy atom. The second-order valence-corrected chi connectivity index (χ2v) is 7.12. The van der Waals surface area contributed by atoms with E-state index in [0.717, 1.165) is 16.6 Å². The fraction of sp³-hybridized carbons (Fsp3) is 0.250. The first-order valence-electron chi connectivity index (χ1n) is 7.43. The van der Waals surface area contributed by atoms with Crippen LogP contribution in [0.5, 0.6) is 0 Å². The Morgan fingerprint density at radius 1 is 1.17 bits per heavy atom. The zero-order valence-electron chi connectivity index (χ0n) is 12.8. The SMILES string of the molecule is CCN(CCc1ccncc1)S(=O)(=O)c1ccc2nc[nH]c2c1. The van der Waals surface area contributed by atoms with Gasteiger partial charge in [-0.2, -0.15) is 4.31 Å². The summed E-state index contributed by atoms with van der Waals surface area (Å²) in [6.07, 6.45) is 5.64. The molecule has 0 fully saturated rings. The van der Waals surface area contributed by atoms with Crippen molar-refractivity contribution in [3.05, 3.63) is 54.6 Å². The molecule has 0 saturated heterocycles. The van der Waals surface area contributed by atoms with E-state index in [0.29, 0.717) is 19.5 Å². The van der Waals surface area contributed by atoms with Crippen molar-refractivity contribution in [1.29, 1.82) is 0 Å². The van der Waals surface area contributed by atoms with Gasteiger partial charge in [0.15, 0.2) is 0 Å². The van der Waals surface area contributed by atoms with Crippen LogP contribution in [0.4, 0.5) is 0 Å². The predicted molar refractivity (Wildman–Crippen MR) is 88.5 cm³/mol. The zero-order valence-corrected chi connectivity index (χ0v) is 13.6. The van der Waals surface area contributed by atoms with Crippen LogP contribution in [0.25, 0.3) is 11.0 Å². The number of H-pyrrole nitrogens is 1. The van der Waals surface area contributed by atoms with E-state index in [1.807, 2.05) is 19.1 Å². The minimum atomic E-state index is -3.52. The molecule has 2 heterocycles. The van der Waals surface area contributed by atoms with Crippen LogP contribution in [-0.2, 0) is 16.4 Å². The monoisotopic (exact) mass is 330 g/mol. The largest absolute Gasteiger partial charge is 0.345 e. The third-order valence-corrected chi connectivity index (χ3v) is 5.75. The van der Waals surface area contributed by atoms with Crippen LogP contribution in [0.1, 0.15) is 12.5 Å². The molecule has 0 radical (unpaired) electrons. The maximum Gasteiger partial charge on any atom is 0.243 e. The number of nitrogens with zero attached hydrogens (tertiary/aromatic N) is 3. The smallest absolute Gasteiger partial charge is 0.243 e. The van der Waals surface area contributed by atoms with Crippen LogP contribution in [0.3, 0.4) is 0 Å². The lowest BCUT2D eigenvalue weighted by Crippen LogP contribution is -2.32. The van der Waals surface area contributed by atoms with Crippen LogP contribution in [-0.4, -0.2) is 40.8 Å². The third kappa shape index (κ3) is 3.25. The number of likely N-dealkylation sites (N-methyl/N-ethyl adjacent to an activating group) is 1. The molecule has 120 valence electrons. The van der Waals surface area contributed by atoms with E-state index in [4.69, 9.17) is 0 Å². The molecule has 0 amide bonds. The topological polar surface area (TPSA) is 79.0 Å². The van der Waals surface area contributed by atoms with Crippen molar-refractivity contribution in [2.45, 2.75) is 18.2 Å². The summed E-state index contributed by atoms with van der Waals surface area (Å²) in [5.41, 5.74) is 2.54. The molecule has 0 unspecified atom stereocenters. The van der Waals surface area contributed by atoms with Gasteiger partial charge in [0, 0.05) is 25.5 Å². The Balaban J connectivity index is 1.83. The summed E-state index contributed by atoms with van der Waals surface area (Å²) in [5.74, 6) is 0. The number of aromatic nitrogens is 3. The van der Waals surface area contributed by atoms with Crippen LogP contribution >= 0.6 is 0 Å². The molecule has 0 aliphatic rings. The van der Waals surface area contributed by atoms with Crippen molar-refractivity contribution in [2.24, 2.45) is 0 Å². The number of fused-ring (bicyclic) bond motifs is 1. The maximum atomic E-state index is 12.8. The van der Waals surface area contributed by atoms with Crippen molar-refractivity contribution in [3.63, 3.8) is 0 Å². The number of nitrogens with one attached hydrogen (secondary N) is 1. The van der Waals surface area contributed by atoms with E-state index in [9.17, 15) is 8.42 Å². The number of hydrogen-bond acceptors (Lipinski definition) is 4. The molecule has 0 bridgehead atoms. The Labute approximate surface area is 135 Å². The van der Waals surface area contributed by atoms with Gasteiger partial charge in [-0.1, -0.05) is 6.92 Å². The van der Waals surface area contributed by atoms with E-state index in [-0.39, 0.29) is 4.90 Å². The molecule has 6 nitrogen and oxygen atoms in total. The molecule has 0 saturated carbocycles. The Hall–Kier alpha value is -2.25. The maximum absolute atomic E-state index is 12.8. The van der Waals surface area contributed by atoms with Crippen molar-refractivity contribution in [3.8, 4) is 0 Å². The van der Waals surface area contributed by atoms with E-state index in [2.05, 4.69) is 15.0 Å². The third-order valence-electron chi connectivity index (χ3n) is 3.78. The lowest BCUT2D eigenvalue weighted by molar-refractivity contribution is 0.431. The van der Waals surface area contributed by atoms with Gasteiger partial charge in [-0.25, -0.2) is 13.4 Å². The average Bonchev–Trinajstić information content (AvgIpc) is 3.04. The lowest BCUT2D eigenvalue weighted by Gasteiger charge is -2.20. The first kappa shape index (κ1) is 15.6. The molecule has 0 aliphatic carbocycles. The summed E-state index contributed by atoms with van der Waals surface area (Å²) in [5, 5.41) is 0. The van der Waals surface area contributed by atoms with Gasteiger partial charge in [-0.3, -0.25) is 4.98 Å². The number of hydrogen-bond donors (Lipinski definition) is 1. The highest BCUT2D eigenvalue weighted by atomic mass is 32.2. The molecule has 3 rings (SSSR count). The summed E-state index contributed by atoms with van der Waals surface area (Å²) in [6, 6.07) is 8.75. The summed E-state index contributed by atoms with van der Waals surface area (Å²) in [7, 11) is -3.52. The molecule has 0 atom stereocenters. The Kier molecular flexibility index (Phi) is 4.40. The quantitative estimate of drug-likeness (QED) is 0.751. The van der Waals surface area contributed by atoms with Crippen LogP contribution < -0.4 is 0 Å². The molecule has 1 aromatic carbocycles. The second kappa shape index (κ2) is 6.47. The van der Waals surface area contributed by atoms with Crippen LogP contribution in [0.2, 0.25) is 0 Å². The highest BCUT2D eigenvalue weighted by Crippen LogP contribution is 2.20. The van der Waals surface area contributed by atoms with Gasteiger partial charge in [-0.15, -0.1) is 0 Å². The van der Waals surface area contributed by atoms with E-state index < -0.39 is 10.0 Å². The molecule has 2 aromatic heterocycles. The van der Waals surface area contributed by atoms with Gasteiger partial charge in [-0.05, 0) is 42.3 Å². The summed E-state index contributed by atoms with van der Waals surface area (Å²) >= 11 is 0. The molecule has 0 aliphatic heterocycles. The van der Waals surface area contributed by atoms with Crippen molar-refractivity contribution in [1.82, 2.24) is 19.3 Å². The first-order chi connectivity index (χ1) is 11.1. The average molecular weight is 330 g/mol. The number of aromatic amines is 1. The predicted octanol–water partition coefficient (Wildman–Crippen LogP) is 2.21. The van der Waals surface area contributed by atoms with Crippen molar-refractivity contribution >= 4 is 21.1 Å². The first-order valence-corrected chi connectivity index (χ1v) is 8.87. The van der Waals surface area contributed by atoms with Crippen LogP contribution in [0, 0.1) is 0 Å². The van der Waals surface area contributed by atoms with Crippen LogP contribution in [0.15, 0.2) is 53.9 Å². The van der Waals surface area contributed by atoms with Crippen molar-refractivity contribution < 1.29 is 8.42 Å². The zero-order chi connectivity index (χ0) is 16.3. The standard InChI is InChI=1S/C16H18N4O2S/c1-2-20(10-7-13-5-8-17-9-6-13)23(21,22)14-3-4-15-16(11-14)19-12-18-15/h3-6,8-9,11-12H,2,7,10H2,1H3,(H,18,19). The minimum Gasteiger partial charge on any atom is -0.345 e. The van der Waals surface area contributed by atoms with E-state index in [1.54, 1.807) is 36.9 Å². The molecule has 1 N–H and O–H groups in total. The van der Waals surface area contributed by atoms with Gasteiger partial charge < -0.3 is 4.98 Å². The molecule has 0 spiro atoms. The molecular formula is C16H18N4O2S. The lowest BCUT2D eigenvalue weighted by atomic mass is 10.2. The fourth-order valence-corrected chi connectivity index (χ4v) is 3.95. The van der Waals surface area contributed by atoms with Gasteiger partial charge in [0.05, 0.1) is 22.3 Å². The number of rotatable bonds is 6. The molecule has 7 heteroatoms. The highest BCUT2D eigenvalue weighted by Gasteiger charge is 2.23. The van der Waals surface area contributed by atoms with E-state index >= 15 is 0 Å². The Morgan fingerprint density at radius 3 is 2.70 bits per heavy atom. The van der Waals surface area contributed by atoms with Crippen molar-refractivity contribution in [2.75, 3.05) is 13.1 Å². The summed E-state index contributed by atoms with van der Waals surface area (Å²) < 4.78 is 27.2. The molecule has 23 heavy (non-hydrogen) atoms. The van der Waals surface area contributed by atoms with Gasteiger partial charge in [0.1, 0.15) is 0 Å². The normalized spacial score (nSPS) is 12.1. The highest BCUT2D eigenvalue weighted by molar-refractivity contribution is 7.89. The van der Waals surface area contributed by atoms with E-state index in [1.165, 1.54) is 4.31 Å². The van der Waals surface area contributed by atoms with Gasteiger partial charge in [0.2, 0.25) is 10.0 Å². The Bertz CT molecular complexity index is 891.